The molecule has 0 unspecified atom stereocenters. The van der Waals surface area contributed by atoms with Crippen LogP contribution in [0.1, 0.15) is 87.5 Å². The summed E-state index contributed by atoms with van der Waals surface area (Å²) < 4.78 is 0. The molecule has 1 aliphatic rings. The predicted molar refractivity (Wildman–Crippen MR) is 89.5 cm³/mol. The highest BCUT2D eigenvalue weighted by atomic mass is 14.2. The molecule has 1 aliphatic carbocycles. The molecule has 20 heavy (non-hydrogen) atoms. The number of aryl methyl sites for hydroxylation is 4. The summed E-state index contributed by atoms with van der Waals surface area (Å²) in [5.74, 6) is 0. The van der Waals surface area contributed by atoms with Gasteiger partial charge in [0.1, 0.15) is 0 Å². The molecule has 112 valence electrons. The van der Waals surface area contributed by atoms with Gasteiger partial charge in [-0.05, 0) is 73.6 Å². The maximum atomic E-state index is 2.57. The van der Waals surface area contributed by atoms with E-state index in [1.807, 2.05) is 0 Å². The van der Waals surface area contributed by atoms with E-state index in [0.717, 1.165) is 0 Å². The average Bonchev–Trinajstić information content (AvgIpc) is 2.49. The van der Waals surface area contributed by atoms with Crippen LogP contribution in [-0.4, -0.2) is 0 Å². The lowest BCUT2D eigenvalue weighted by Crippen LogP contribution is -2.06. The Labute approximate surface area is 126 Å². The van der Waals surface area contributed by atoms with Crippen molar-refractivity contribution in [2.75, 3.05) is 0 Å². The lowest BCUT2D eigenvalue weighted by Gasteiger charge is -2.20. The summed E-state index contributed by atoms with van der Waals surface area (Å²) >= 11 is 0. The summed E-state index contributed by atoms with van der Waals surface area (Å²) in [6.45, 7) is 4.60. The summed E-state index contributed by atoms with van der Waals surface area (Å²) in [6.07, 6.45) is 16.2. The molecule has 0 bridgehead atoms. The fourth-order valence-electron chi connectivity index (χ4n) is 3.46. The Morgan fingerprint density at radius 2 is 1.25 bits per heavy atom. The van der Waals surface area contributed by atoms with Crippen LogP contribution in [0.4, 0.5) is 0 Å². The third kappa shape index (κ3) is 4.36. The van der Waals surface area contributed by atoms with Gasteiger partial charge in [0.05, 0.1) is 0 Å². The fourth-order valence-corrected chi connectivity index (χ4v) is 3.46. The zero-order valence-electron chi connectivity index (χ0n) is 13.6. The molecular weight excluding hydrogens is 240 g/mol. The van der Waals surface area contributed by atoms with Crippen LogP contribution in [0.3, 0.4) is 0 Å². The minimum absolute atomic E-state index is 1.30. The Hall–Kier alpha value is -0.780. The number of unbranched alkanes of at least 4 members (excludes halogenated alkanes) is 4. The average molecular weight is 272 g/mol. The van der Waals surface area contributed by atoms with Gasteiger partial charge < -0.3 is 0 Å². The van der Waals surface area contributed by atoms with Crippen LogP contribution in [0.25, 0.3) is 0 Å². The van der Waals surface area contributed by atoms with Gasteiger partial charge in [-0.2, -0.15) is 0 Å². The molecule has 0 heterocycles. The highest BCUT2D eigenvalue weighted by Gasteiger charge is 2.13. The van der Waals surface area contributed by atoms with E-state index >= 15 is 0 Å². The van der Waals surface area contributed by atoms with E-state index in [9.17, 15) is 0 Å². The van der Waals surface area contributed by atoms with Crippen LogP contribution in [0.15, 0.2) is 12.1 Å². The summed E-state index contributed by atoms with van der Waals surface area (Å²) in [5.41, 5.74) is 6.68. The zero-order valence-corrected chi connectivity index (χ0v) is 13.6. The second-order valence-electron chi connectivity index (χ2n) is 6.51. The molecule has 0 heteroatoms. The summed E-state index contributed by atoms with van der Waals surface area (Å²) in [4.78, 5) is 0. The molecule has 0 amide bonds. The van der Waals surface area contributed by atoms with Gasteiger partial charge in [-0.3, -0.25) is 0 Å². The Morgan fingerprint density at radius 1 is 0.700 bits per heavy atom. The first-order chi connectivity index (χ1) is 9.85. The van der Waals surface area contributed by atoms with Crippen molar-refractivity contribution in [3.63, 3.8) is 0 Å². The first-order valence-corrected chi connectivity index (χ1v) is 8.98. The minimum atomic E-state index is 1.30. The standard InChI is InChI=1S/C20H32/c1-3-5-7-8-12-18-16-20-14-10-9-13-19(20)15-17(18)11-6-4-2/h15-16H,3-14H2,1-2H3. The van der Waals surface area contributed by atoms with Gasteiger partial charge in [-0.25, -0.2) is 0 Å². The van der Waals surface area contributed by atoms with Crippen LogP contribution in [0.2, 0.25) is 0 Å². The molecule has 1 aromatic rings. The van der Waals surface area contributed by atoms with Gasteiger partial charge >= 0.3 is 0 Å². The highest BCUT2D eigenvalue weighted by molar-refractivity contribution is 5.40. The van der Waals surface area contributed by atoms with E-state index in [4.69, 9.17) is 0 Å². The second-order valence-corrected chi connectivity index (χ2v) is 6.51. The molecule has 0 aromatic heterocycles. The van der Waals surface area contributed by atoms with Gasteiger partial charge in [0, 0.05) is 0 Å². The molecule has 0 saturated heterocycles. The van der Waals surface area contributed by atoms with E-state index < -0.39 is 0 Å². The molecule has 0 spiro atoms. The molecule has 0 saturated carbocycles. The number of hydrogen-bond donors (Lipinski definition) is 0. The van der Waals surface area contributed by atoms with Crippen molar-refractivity contribution in [2.24, 2.45) is 0 Å². The highest BCUT2D eigenvalue weighted by Crippen LogP contribution is 2.27. The summed E-state index contributed by atoms with van der Waals surface area (Å²) in [6, 6.07) is 5.14. The predicted octanol–water partition coefficient (Wildman–Crippen LogP) is 6.03. The van der Waals surface area contributed by atoms with Crippen molar-refractivity contribution >= 4 is 0 Å². The van der Waals surface area contributed by atoms with Crippen molar-refractivity contribution in [1.82, 2.24) is 0 Å². The molecular formula is C20H32. The van der Waals surface area contributed by atoms with Gasteiger partial charge in [0.25, 0.3) is 0 Å². The normalized spacial score (nSPS) is 14.3. The van der Waals surface area contributed by atoms with Crippen LogP contribution in [0, 0.1) is 0 Å². The first-order valence-electron chi connectivity index (χ1n) is 8.98. The van der Waals surface area contributed by atoms with Crippen LogP contribution in [-0.2, 0) is 25.7 Å². The van der Waals surface area contributed by atoms with Gasteiger partial charge in [0.15, 0.2) is 0 Å². The monoisotopic (exact) mass is 272 g/mol. The lowest BCUT2D eigenvalue weighted by molar-refractivity contribution is 0.655. The van der Waals surface area contributed by atoms with Crippen LogP contribution in [0.5, 0.6) is 0 Å². The van der Waals surface area contributed by atoms with Gasteiger partial charge in [-0.15, -0.1) is 0 Å². The topological polar surface area (TPSA) is 0 Å². The number of benzene rings is 1. The van der Waals surface area contributed by atoms with Crippen molar-refractivity contribution in [3.8, 4) is 0 Å². The second kappa shape index (κ2) is 8.49. The maximum Gasteiger partial charge on any atom is -0.0276 e. The third-order valence-corrected chi connectivity index (χ3v) is 4.76. The SMILES string of the molecule is CCCCCCc1cc2c(cc1CCCC)CCCC2. The Morgan fingerprint density at radius 3 is 1.80 bits per heavy atom. The van der Waals surface area contributed by atoms with Crippen molar-refractivity contribution in [1.29, 1.82) is 0 Å². The van der Waals surface area contributed by atoms with Gasteiger partial charge in [0.2, 0.25) is 0 Å². The van der Waals surface area contributed by atoms with E-state index in [1.165, 1.54) is 77.0 Å². The molecule has 1 aromatic carbocycles. The zero-order chi connectivity index (χ0) is 14.2. The summed E-state index contributed by atoms with van der Waals surface area (Å²) in [5, 5.41) is 0. The van der Waals surface area contributed by atoms with Gasteiger partial charge in [-0.1, -0.05) is 51.7 Å². The lowest BCUT2D eigenvalue weighted by atomic mass is 9.85. The Balaban J connectivity index is 2.08. The van der Waals surface area contributed by atoms with E-state index in [-0.39, 0.29) is 0 Å². The molecule has 0 nitrogen and oxygen atoms in total. The van der Waals surface area contributed by atoms with Crippen molar-refractivity contribution in [3.05, 3.63) is 34.4 Å². The van der Waals surface area contributed by atoms with Crippen molar-refractivity contribution < 1.29 is 0 Å². The number of fused-ring (bicyclic) bond motifs is 1. The van der Waals surface area contributed by atoms with Crippen molar-refractivity contribution in [2.45, 2.75) is 90.9 Å². The Kier molecular flexibility index (Phi) is 6.63. The first kappa shape index (κ1) is 15.6. The minimum Gasteiger partial charge on any atom is -0.0654 e. The molecule has 0 atom stereocenters. The third-order valence-electron chi connectivity index (χ3n) is 4.76. The smallest absolute Gasteiger partial charge is 0.0276 e. The molecule has 0 aliphatic heterocycles. The fraction of sp³-hybridized carbons (Fsp3) is 0.700. The quantitative estimate of drug-likeness (QED) is 0.507. The maximum absolute atomic E-state index is 2.57. The van der Waals surface area contributed by atoms with E-state index in [1.54, 1.807) is 22.3 Å². The largest absolute Gasteiger partial charge is 0.0654 e. The molecule has 0 N–H and O–H groups in total. The van der Waals surface area contributed by atoms with Crippen LogP contribution >= 0.6 is 0 Å². The van der Waals surface area contributed by atoms with E-state index in [0.29, 0.717) is 0 Å². The summed E-state index contributed by atoms with van der Waals surface area (Å²) in [7, 11) is 0. The van der Waals surface area contributed by atoms with Crippen LogP contribution < -0.4 is 0 Å². The number of rotatable bonds is 8. The number of hydrogen-bond acceptors (Lipinski definition) is 0. The molecule has 0 radical (unpaired) electrons. The van der Waals surface area contributed by atoms with E-state index in [2.05, 4.69) is 26.0 Å². The Bertz CT molecular complexity index is 403. The molecule has 2 rings (SSSR count). The molecule has 0 fully saturated rings.